The van der Waals surface area contributed by atoms with Crippen LogP contribution in [0.15, 0.2) is 12.1 Å². The zero-order valence-electron chi connectivity index (χ0n) is 14.9. The summed E-state index contributed by atoms with van der Waals surface area (Å²) >= 11 is 0. The largest absolute Gasteiger partial charge is 0.204 e. The highest BCUT2D eigenvalue weighted by Crippen LogP contribution is 2.34. The third-order valence-electron chi connectivity index (χ3n) is 5.57. The summed E-state index contributed by atoms with van der Waals surface area (Å²) in [7, 11) is 0. The number of hydrogen-bond acceptors (Lipinski definition) is 0. The molecule has 1 aromatic carbocycles. The first-order chi connectivity index (χ1) is 11.6. The number of benzene rings is 1. The summed E-state index contributed by atoms with van der Waals surface area (Å²) in [6, 6.07) is 2.28. The number of aryl methyl sites for hydroxylation is 1. The van der Waals surface area contributed by atoms with E-state index >= 15 is 0 Å². The highest BCUT2D eigenvalue weighted by Gasteiger charge is 2.21. The van der Waals surface area contributed by atoms with Crippen molar-refractivity contribution in [2.24, 2.45) is 11.8 Å². The quantitative estimate of drug-likeness (QED) is 0.329. The Hall–Kier alpha value is -0.990. The third kappa shape index (κ3) is 6.14. The smallest absolute Gasteiger partial charge is 0.194 e. The van der Waals surface area contributed by atoms with E-state index in [0.29, 0.717) is 17.9 Å². The van der Waals surface area contributed by atoms with Gasteiger partial charge in [-0.2, -0.15) is 0 Å². The van der Waals surface area contributed by atoms with E-state index in [4.69, 9.17) is 0 Å². The number of halogens is 3. The van der Waals surface area contributed by atoms with Crippen LogP contribution in [0.2, 0.25) is 0 Å². The molecule has 1 saturated carbocycles. The van der Waals surface area contributed by atoms with E-state index in [1.165, 1.54) is 64.2 Å². The van der Waals surface area contributed by atoms with Gasteiger partial charge in [0.2, 0.25) is 0 Å². The van der Waals surface area contributed by atoms with Gasteiger partial charge >= 0.3 is 0 Å². The van der Waals surface area contributed by atoms with Crippen LogP contribution < -0.4 is 0 Å². The Morgan fingerprint density at radius 3 is 1.92 bits per heavy atom. The second-order valence-corrected chi connectivity index (χ2v) is 7.50. The maximum atomic E-state index is 13.2. The molecule has 0 heterocycles. The lowest BCUT2D eigenvalue weighted by Gasteiger charge is -2.28. The number of unbranched alkanes of at least 4 members (excludes halogenated alkanes) is 4. The van der Waals surface area contributed by atoms with Crippen molar-refractivity contribution < 1.29 is 13.2 Å². The minimum atomic E-state index is -1.36. The molecule has 0 unspecified atom stereocenters. The Bertz CT molecular complexity index is 467. The van der Waals surface area contributed by atoms with Crippen LogP contribution in [0.4, 0.5) is 13.2 Å². The van der Waals surface area contributed by atoms with Gasteiger partial charge in [-0.3, -0.25) is 0 Å². The van der Waals surface area contributed by atoms with Gasteiger partial charge in [-0.1, -0.05) is 71.1 Å². The normalized spacial score (nSPS) is 21.2. The van der Waals surface area contributed by atoms with Crippen LogP contribution in [-0.2, 0) is 6.42 Å². The molecule has 1 aliphatic carbocycles. The van der Waals surface area contributed by atoms with Gasteiger partial charge in [0, 0.05) is 0 Å². The maximum Gasteiger partial charge on any atom is 0.194 e. The van der Waals surface area contributed by atoms with Crippen LogP contribution in [0.3, 0.4) is 0 Å². The molecule has 1 fully saturated rings. The summed E-state index contributed by atoms with van der Waals surface area (Å²) in [5.41, 5.74) is 0.574. The molecule has 0 nitrogen and oxygen atoms in total. The van der Waals surface area contributed by atoms with E-state index in [2.05, 4.69) is 6.92 Å². The summed E-state index contributed by atoms with van der Waals surface area (Å²) in [4.78, 5) is 0. The molecule has 136 valence electrons. The summed E-state index contributed by atoms with van der Waals surface area (Å²) in [5.74, 6) is -1.98. The second-order valence-electron chi connectivity index (χ2n) is 7.50. The Labute approximate surface area is 144 Å². The van der Waals surface area contributed by atoms with Crippen LogP contribution in [0.5, 0.6) is 0 Å². The highest BCUT2D eigenvalue weighted by atomic mass is 19.2. The van der Waals surface area contributed by atoms with Crippen molar-refractivity contribution in [3.05, 3.63) is 35.1 Å². The molecule has 0 amide bonds. The van der Waals surface area contributed by atoms with Crippen molar-refractivity contribution in [3.63, 3.8) is 0 Å². The fraction of sp³-hybridized carbons (Fsp3) is 0.714. The first-order valence-corrected chi connectivity index (χ1v) is 9.73. The van der Waals surface area contributed by atoms with Crippen LogP contribution >= 0.6 is 0 Å². The second kappa shape index (κ2) is 10.1. The zero-order chi connectivity index (χ0) is 17.4. The van der Waals surface area contributed by atoms with Crippen molar-refractivity contribution in [2.75, 3.05) is 0 Å². The molecule has 0 N–H and O–H groups in total. The predicted molar refractivity (Wildman–Crippen MR) is 93.5 cm³/mol. The average molecular weight is 340 g/mol. The predicted octanol–water partition coefficient (Wildman–Crippen LogP) is 7.20. The molecule has 24 heavy (non-hydrogen) atoms. The average Bonchev–Trinajstić information content (AvgIpc) is 2.58. The van der Waals surface area contributed by atoms with Gasteiger partial charge in [0.15, 0.2) is 17.5 Å². The molecule has 0 bridgehead atoms. The molecule has 0 spiro atoms. The summed E-state index contributed by atoms with van der Waals surface area (Å²) in [6.07, 6.45) is 14.8. The van der Waals surface area contributed by atoms with Crippen LogP contribution in [0, 0.1) is 29.3 Å². The van der Waals surface area contributed by atoms with E-state index in [1.54, 1.807) is 0 Å². The van der Waals surface area contributed by atoms with Crippen molar-refractivity contribution in [1.29, 1.82) is 0 Å². The van der Waals surface area contributed by atoms with Gasteiger partial charge < -0.3 is 0 Å². The van der Waals surface area contributed by atoms with Crippen LogP contribution in [-0.4, -0.2) is 0 Å². The van der Waals surface area contributed by atoms with E-state index < -0.39 is 17.5 Å². The molecule has 1 aromatic rings. The number of rotatable bonds is 9. The van der Waals surface area contributed by atoms with Crippen LogP contribution in [0.1, 0.15) is 83.1 Å². The summed E-state index contributed by atoms with van der Waals surface area (Å²) < 4.78 is 39.4. The van der Waals surface area contributed by atoms with Crippen molar-refractivity contribution in [1.82, 2.24) is 0 Å². The zero-order valence-corrected chi connectivity index (χ0v) is 14.9. The summed E-state index contributed by atoms with van der Waals surface area (Å²) in [5, 5.41) is 0. The lowest BCUT2D eigenvalue weighted by Crippen LogP contribution is -2.15. The molecule has 2 rings (SSSR count). The molecule has 0 radical (unpaired) electrons. The molecular formula is C21H31F3. The monoisotopic (exact) mass is 340 g/mol. The van der Waals surface area contributed by atoms with Gasteiger partial charge in [-0.15, -0.1) is 0 Å². The molecule has 0 aromatic heterocycles. The van der Waals surface area contributed by atoms with Crippen molar-refractivity contribution in [3.8, 4) is 0 Å². The van der Waals surface area contributed by atoms with E-state index in [9.17, 15) is 13.2 Å². The molecule has 3 heteroatoms. The first kappa shape index (κ1) is 19.3. The Balaban J connectivity index is 1.64. The maximum absolute atomic E-state index is 13.2. The molecule has 0 saturated heterocycles. The van der Waals surface area contributed by atoms with Crippen LogP contribution in [0.25, 0.3) is 0 Å². The summed E-state index contributed by atoms with van der Waals surface area (Å²) in [6.45, 7) is 2.25. The molecule has 0 aliphatic heterocycles. The third-order valence-corrected chi connectivity index (χ3v) is 5.57. The molecule has 1 aliphatic rings. The number of hydrogen-bond donors (Lipinski definition) is 0. The van der Waals surface area contributed by atoms with Crippen molar-refractivity contribution >= 4 is 0 Å². The van der Waals surface area contributed by atoms with E-state index in [0.717, 1.165) is 24.5 Å². The minimum absolute atomic E-state index is 0.574. The van der Waals surface area contributed by atoms with Gasteiger partial charge in [0.05, 0.1) is 0 Å². The van der Waals surface area contributed by atoms with E-state index in [-0.39, 0.29) is 0 Å². The SMILES string of the molecule is CCCCCCC[C@H]1CC[C@H](CCc2cc(F)c(F)c(F)c2)CC1. The minimum Gasteiger partial charge on any atom is -0.204 e. The lowest BCUT2D eigenvalue weighted by atomic mass is 9.77. The fourth-order valence-corrected chi connectivity index (χ4v) is 3.97. The molecular weight excluding hydrogens is 309 g/mol. The standard InChI is InChI=1S/C21H31F3/c1-2-3-4-5-6-7-16-8-10-17(11-9-16)12-13-18-14-19(22)21(24)20(23)15-18/h14-17H,2-13H2,1H3/t16-,17-. The Kier molecular flexibility index (Phi) is 8.14. The fourth-order valence-electron chi connectivity index (χ4n) is 3.97. The molecule has 0 atom stereocenters. The van der Waals surface area contributed by atoms with E-state index in [1.807, 2.05) is 0 Å². The van der Waals surface area contributed by atoms with Gasteiger partial charge in [0.25, 0.3) is 0 Å². The lowest BCUT2D eigenvalue weighted by molar-refractivity contribution is 0.248. The topological polar surface area (TPSA) is 0 Å². The van der Waals surface area contributed by atoms with Gasteiger partial charge in [-0.25, -0.2) is 13.2 Å². The van der Waals surface area contributed by atoms with Gasteiger partial charge in [0.1, 0.15) is 0 Å². The Morgan fingerprint density at radius 1 is 0.792 bits per heavy atom. The highest BCUT2D eigenvalue weighted by molar-refractivity contribution is 5.19. The van der Waals surface area contributed by atoms with Crippen molar-refractivity contribution in [2.45, 2.75) is 84.0 Å². The first-order valence-electron chi connectivity index (χ1n) is 9.73. The Morgan fingerprint density at radius 2 is 1.33 bits per heavy atom. The van der Waals surface area contributed by atoms with Gasteiger partial charge in [-0.05, 0) is 42.4 Å².